The van der Waals surface area contributed by atoms with Gasteiger partial charge in [0, 0.05) is 6.04 Å². The van der Waals surface area contributed by atoms with Crippen molar-refractivity contribution in [2.45, 2.75) is 64.5 Å². The SMILES string of the molecule is CCC[C@@H](NC(=O)NC1CCC(C)CC1)C(=O)O. The molecule has 0 heterocycles. The summed E-state index contributed by atoms with van der Waals surface area (Å²) < 4.78 is 0. The summed E-state index contributed by atoms with van der Waals surface area (Å²) in [6, 6.07) is -0.940. The van der Waals surface area contributed by atoms with Gasteiger partial charge in [-0.2, -0.15) is 0 Å². The molecule has 18 heavy (non-hydrogen) atoms. The zero-order valence-electron chi connectivity index (χ0n) is 11.2. The zero-order chi connectivity index (χ0) is 13.5. The molecular weight excluding hydrogens is 232 g/mol. The molecule has 5 heteroatoms. The highest BCUT2D eigenvalue weighted by Crippen LogP contribution is 2.23. The highest BCUT2D eigenvalue weighted by molar-refractivity contribution is 5.82. The highest BCUT2D eigenvalue weighted by Gasteiger charge is 2.22. The molecule has 1 saturated carbocycles. The summed E-state index contributed by atoms with van der Waals surface area (Å²) in [7, 11) is 0. The van der Waals surface area contributed by atoms with Gasteiger partial charge in [-0.15, -0.1) is 0 Å². The molecule has 1 rings (SSSR count). The number of nitrogens with one attached hydrogen (secondary N) is 2. The fourth-order valence-corrected chi connectivity index (χ4v) is 2.34. The van der Waals surface area contributed by atoms with Crippen LogP contribution in [0.1, 0.15) is 52.4 Å². The first-order valence-electron chi connectivity index (χ1n) is 6.82. The molecule has 2 amide bonds. The van der Waals surface area contributed by atoms with E-state index in [4.69, 9.17) is 5.11 Å². The van der Waals surface area contributed by atoms with E-state index in [1.165, 1.54) is 0 Å². The number of carboxylic acids is 1. The van der Waals surface area contributed by atoms with E-state index in [-0.39, 0.29) is 12.1 Å². The van der Waals surface area contributed by atoms with Crippen LogP contribution in [-0.2, 0) is 4.79 Å². The second kappa shape index (κ2) is 7.24. The van der Waals surface area contributed by atoms with Gasteiger partial charge in [0.05, 0.1) is 0 Å². The van der Waals surface area contributed by atoms with Crippen molar-refractivity contribution in [3.05, 3.63) is 0 Å². The Bertz CT molecular complexity index is 286. The molecule has 1 atom stereocenters. The van der Waals surface area contributed by atoms with Crippen LogP contribution in [0.2, 0.25) is 0 Å². The van der Waals surface area contributed by atoms with Crippen LogP contribution in [0.25, 0.3) is 0 Å². The van der Waals surface area contributed by atoms with Gasteiger partial charge < -0.3 is 15.7 Å². The van der Waals surface area contributed by atoms with E-state index >= 15 is 0 Å². The Morgan fingerprint density at radius 3 is 2.39 bits per heavy atom. The van der Waals surface area contributed by atoms with Crippen LogP contribution < -0.4 is 10.6 Å². The van der Waals surface area contributed by atoms with Gasteiger partial charge in [0.1, 0.15) is 6.04 Å². The lowest BCUT2D eigenvalue weighted by molar-refractivity contribution is -0.139. The molecule has 0 aromatic heterocycles. The number of aliphatic carboxylic acids is 1. The number of carbonyl (C=O) groups is 2. The maximum absolute atomic E-state index is 11.7. The zero-order valence-corrected chi connectivity index (χ0v) is 11.2. The largest absolute Gasteiger partial charge is 0.480 e. The Morgan fingerprint density at radius 1 is 1.28 bits per heavy atom. The molecule has 1 aliphatic carbocycles. The number of rotatable bonds is 5. The highest BCUT2D eigenvalue weighted by atomic mass is 16.4. The summed E-state index contributed by atoms with van der Waals surface area (Å²) in [6.45, 7) is 4.12. The third-order valence-corrected chi connectivity index (χ3v) is 3.53. The van der Waals surface area contributed by atoms with Gasteiger partial charge in [0.25, 0.3) is 0 Å². The fourth-order valence-electron chi connectivity index (χ4n) is 2.34. The van der Waals surface area contributed by atoms with E-state index in [9.17, 15) is 9.59 Å². The third kappa shape index (κ3) is 4.94. The van der Waals surface area contributed by atoms with E-state index in [1.807, 2.05) is 6.92 Å². The second-order valence-electron chi connectivity index (χ2n) is 5.25. The minimum absolute atomic E-state index is 0.192. The van der Waals surface area contributed by atoms with Gasteiger partial charge >= 0.3 is 12.0 Å². The van der Waals surface area contributed by atoms with Gasteiger partial charge in [-0.3, -0.25) is 0 Å². The van der Waals surface area contributed by atoms with E-state index in [0.29, 0.717) is 6.42 Å². The predicted molar refractivity (Wildman–Crippen MR) is 69.4 cm³/mol. The van der Waals surface area contributed by atoms with Gasteiger partial charge in [-0.25, -0.2) is 9.59 Å². The molecule has 1 fully saturated rings. The molecule has 0 unspecified atom stereocenters. The Hall–Kier alpha value is -1.26. The standard InChI is InChI=1S/C13H24N2O3/c1-3-4-11(12(16)17)15-13(18)14-10-7-5-9(2)6-8-10/h9-11H,3-8H2,1-2H3,(H,16,17)(H2,14,15,18)/t9?,10?,11-/m1/s1. The van der Waals surface area contributed by atoms with Crippen molar-refractivity contribution in [2.24, 2.45) is 5.92 Å². The molecule has 0 aromatic carbocycles. The molecular formula is C13H24N2O3. The summed E-state index contributed by atoms with van der Waals surface area (Å²) in [5.41, 5.74) is 0. The van der Waals surface area contributed by atoms with Crippen molar-refractivity contribution < 1.29 is 14.7 Å². The molecule has 0 saturated heterocycles. The molecule has 104 valence electrons. The number of amides is 2. The van der Waals surface area contributed by atoms with Crippen molar-refractivity contribution in [3.63, 3.8) is 0 Å². The monoisotopic (exact) mass is 256 g/mol. The Labute approximate surface area is 108 Å². The maximum Gasteiger partial charge on any atom is 0.326 e. The lowest BCUT2D eigenvalue weighted by atomic mass is 9.87. The number of carboxylic acid groups (broad SMARTS) is 1. The molecule has 1 aliphatic rings. The van der Waals surface area contributed by atoms with Crippen LogP contribution >= 0.6 is 0 Å². The van der Waals surface area contributed by atoms with Crippen LogP contribution in [0.15, 0.2) is 0 Å². The van der Waals surface area contributed by atoms with Gasteiger partial charge in [-0.05, 0) is 38.0 Å². The minimum Gasteiger partial charge on any atom is -0.480 e. The van der Waals surface area contributed by atoms with Crippen molar-refractivity contribution in [2.75, 3.05) is 0 Å². The van der Waals surface area contributed by atoms with Gasteiger partial charge in [-0.1, -0.05) is 20.3 Å². The molecule has 5 nitrogen and oxygen atoms in total. The molecule has 0 spiro atoms. The minimum atomic E-state index is -0.968. The molecule has 0 aliphatic heterocycles. The first-order chi connectivity index (χ1) is 8.52. The summed E-state index contributed by atoms with van der Waals surface area (Å²) in [4.78, 5) is 22.6. The summed E-state index contributed by atoms with van der Waals surface area (Å²) in [6.07, 6.45) is 5.42. The normalized spacial score (nSPS) is 25.2. The van der Waals surface area contributed by atoms with Gasteiger partial charge in [0.2, 0.25) is 0 Å². The lowest BCUT2D eigenvalue weighted by Gasteiger charge is -2.27. The van der Waals surface area contributed by atoms with Crippen molar-refractivity contribution in [3.8, 4) is 0 Å². The third-order valence-electron chi connectivity index (χ3n) is 3.53. The van der Waals surface area contributed by atoms with Crippen LogP contribution in [0.4, 0.5) is 4.79 Å². The first-order valence-corrected chi connectivity index (χ1v) is 6.82. The molecule has 0 radical (unpaired) electrons. The Balaban J connectivity index is 2.33. The smallest absolute Gasteiger partial charge is 0.326 e. The first kappa shape index (κ1) is 14.8. The predicted octanol–water partition coefficient (Wildman–Crippen LogP) is 2.12. The average Bonchev–Trinajstić information content (AvgIpc) is 2.31. The number of hydrogen-bond acceptors (Lipinski definition) is 2. The van der Waals surface area contributed by atoms with Crippen LogP contribution in [0, 0.1) is 5.92 Å². The van der Waals surface area contributed by atoms with E-state index in [0.717, 1.165) is 38.0 Å². The van der Waals surface area contributed by atoms with Crippen LogP contribution in [0.3, 0.4) is 0 Å². The summed E-state index contributed by atoms with van der Waals surface area (Å²) >= 11 is 0. The van der Waals surface area contributed by atoms with E-state index in [1.54, 1.807) is 0 Å². The second-order valence-corrected chi connectivity index (χ2v) is 5.25. The Kier molecular flexibility index (Phi) is 5.95. The fraction of sp³-hybridized carbons (Fsp3) is 0.846. The van der Waals surface area contributed by atoms with Gasteiger partial charge in [0.15, 0.2) is 0 Å². The topological polar surface area (TPSA) is 78.4 Å². The van der Waals surface area contributed by atoms with Crippen LogP contribution in [0.5, 0.6) is 0 Å². The van der Waals surface area contributed by atoms with Crippen molar-refractivity contribution >= 4 is 12.0 Å². The lowest BCUT2D eigenvalue weighted by Crippen LogP contribution is -2.49. The quantitative estimate of drug-likeness (QED) is 0.705. The number of carbonyl (C=O) groups excluding carboxylic acids is 1. The van der Waals surface area contributed by atoms with Crippen molar-refractivity contribution in [1.29, 1.82) is 0 Å². The van der Waals surface area contributed by atoms with Crippen molar-refractivity contribution in [1.82, 2.24) is 10.6 Å². The Morgan fingerprint density at radius 2 is 1.89 bits per heavy atom. The number of urea groups is 1. The average molecular weight is 256 g/mol. The van der Waals surface area contributed by atoms with Crippen LogP contribution in [-0.4, -0.2) is 29.2 Å². The summed E-state index contributed by atoms with van der Waals surface area (Å²) in [5, 5.41) is 14.3. The molecule has 3 N–H and O–H groups in total. The maximum atomic E-state index is 11.7. The summed E-state index contributed by atoms with van der Waals surface area (Å²) in [5.74, 6) is -0.234. The molecule has 0 aromatic rings. The molecule has 0 bridgehead atoms. The van der Waals surface area contributed by atoms with E-state index < -0.39 is 12.0 Å². The number of hydrogen-bond donors (Lipinski definition) is 3. The van der Waals surface area contributed by atoms with E-state index in [2.05, 4.69) is 17.6 Å².